The molecule has 0 aromatic rings. The molecule has 2 N–H and O–H groups in total. The van der Waals surface area contributed by atoms with Crippen molar-refractivity contribution in [1.82, 2.24) is 4.90 Å². The molecule has 2 nitrogen and oxygen atoms in total. The average molecular weight is 226 g/mol. The number of unbranched alkanes of at least 4 members (excludes halogenated alkanes) is 3. The normalized spacial score (nSPS) is 20.2. The summed E-state index contributed by atoms with van der Waals surface area (Å²) < 4.78 is 0. The lowest BCUT2D eigenvalue weighted by Crippen LogP contribution is -2.53. The van der Waals surface area contributed by atoms with Gasteiger partial charge in [0, 0.05) is 12.1 Å². The summed E-state index contributed by atoms with van der Waals surface area (Å²) in [5.41, 5.74) is 6.37. The molecule has 1 aliphatic carbocycles. The molecule has 0 aromatic heterocycles. The first-order valence-corrected chi connectivity index (χ1v) is 7.16. The highest BCUT2D eigenvalue weighted by Crippen LogP contribution is 2.32. The Morgan fingerprint density at radius 2 is 1.75 bits per heavy atom. The van der Waals surface area contributed by atoms with E-state index in [-0.39, 0.29) is 0 Å². The molecule has 0 aromatic carbocycles. The summed E-state index contributed by atoms with van der Waals surface area (Å²) in [7, 11) is 2.28. The molecule has 1 rings (SSSR count). The Morgan fingerprint density at radius 1 is 1.06 bits per heavy atom. The maximum Gasteiger partial charge on any atom is 0.0328 e. The molecular weight excluding hydrogens is 196 g/mol. The van der Waals surface area contributed by atoms with E-state index in [0.29, 0.717) is 5.54 Å². The van der Waals surface area contributed by atoms with Crippen LogP contribution in [0.2, 0.25) is 0 Å². The van der Waals surface area contributed by atoms with Crippen molar-refractivity contribution < 1.29 is 0 Å². The molecule has 0 saturated heterocycles. The average Bonchev–Trinajstić information content (AvgIpc) is 2.35. The SMILES string of the molecule is CCCCCCN(C)C1(CN)CCCCC1. The van der Waals surface area contributed by atoms with Crippen molar-refractivity contribution in [3.8, 4) is 0 Å². The van der Waals surface area contributed by atoms with E-state index in [9.17, 15) is 0 Å². The number of rotatable bonds is 7. The fraction of sp³-hybridized carbons (Fsp3) is 1.00. The van der Waals surface area contributed by atoms with E-state index in [4.69, 9.17) is 5.73 Å². The molecule has 96 valence electrons. The molecule has 0 aliphatic heterocycles. The first-order valence-electron chi connectivity index (χ1n) is 7.16. The fourth-order valence-corrected chi connectivity index (χ4v) is 2.96. The molecule has 1 aliphatic rings. The molecule has 0 bridgehead atoms. The fourth-order valence-electron chi connectivity index (χ4n) is 2.96. The molecule has 1 fully saturated rings. The van der Waals surface area contributed by atoms with Gasteiger partial charge in [-0.15, -0.1) is 0 Å². The molecule has 0 radical (unpaired) electrons. The van der Waals surface area contributed by atoms with Gasteiger partial charge < -0.3 is 5.73 Å². The van der Waals surface area contributed by atoms with Crippen LogP contribution in [-0.4, -0.2) is 30.6 Å². The first kappa shape index (κ1) is 14.0. The molecule has 0 heterocycles. The topological polar surface area (TPSA) is 29.3 Å². The first-order chi connectivity index (χ1) is 7.75. The van der Waals surface area contributed by atoms with Crippen LogP contribution in [0.3, 0.4) is 0 Å². The smallest absolute Gasteiger partial charge is 0.0328 e. The van der Waals surface area contributed by atoms with Crippen LogP contribution in [0, 0.1) is 0 Å². The van der Waals surface area contributed by atoms with Crippen molar-refractivity contribution in [2.45, 2.75) is 70.3 Å². The Morgan fingerprint density at radius 3 is 2.31 bits per heavy atom. The van der Waals surface area contributed by atoms with Gasteiger partial charge in [0.05, 0.1) is 0 Å². The van der Waals surface area contributed by atoms with E-state index in [1.165, 1.54) is 64.3 Å². The quantitative estimate of drug-likeness (QED) is 0.676. The Labute approximate surface area is 102 Å². The highest BCUT2D eigenvalue weighted by atomic mass is 15.2. The minimum absolute atomic E-state index is 0.338. The number of nitrogens with zero attached hydrogens (tertiary/aromatic N) is 1. The predicted molar refractivity (Wildman–Crippen MR) is 71.6 cm³/mol. The van der Waals surface area contributed by atoms with Gasteiger partial charge >= 0.3 is 0 Å². The third kappa shape index (κ3) is 3.74. The van der Waals surface area contributed by atoms with Gasteiger partial charge in [-0.25, -0.2) is 0 Å². The minimum atomic E-state index is 0.338. The zero-order valence-electron chi connectivity index (χ0n) is 11.3. The summed E-state index contributed by atoms with van der Waals surface area (Å²) in [4.78, 5) is 2.56. The monoisotopic (exact) mass is 226 g/mol. The van der Waals surface area contributed by atoms with Gasteiger partial charge in [-0.05, 0) is 32.9 Å². The molecule has 0 amide bonds. The minimum Gasteiger partial charge on any atom is -0.329 e. The second kappa shape index (κ2) is 7.29. The van der Waals surface area contributed by atoms with E-state index in [0.717, 1.165) is 6.54 Å². The highest BCUT2D eigenvalue weighted by Gasteiger charge is 2.33. The lowest BCUT2D eigenvalue weighted by Gasteiger charge is -2.44. The van der Waals surface area contributed by atoms with Crippen molar-refractivity contribution in [3.63, 3.8) is 0 Å². The van der Waals surface area contributed by atoms with E-state index < -0.39 is 0 Å². The van der Waals surface area contributed by atoms with Gasteiger partial charge in [-0.3, -0.25) is 4.90 Å². The van der Waals surface area contributed by atoms with Crippen molar-refractivity contribution in [1.29, 1.82) is 0 Å². The van der Waals surface area contributed by atoms with Gasteiger partial charge in [0.2, 0.25) is 0 Å². The maximum absolute atomic E-state index is 6.03. The van der Waals surface area contributed by atoms with Crippen LogP contribution in [0.1, 0.15) is 64.7 Å². The zero-order chi connectivity index (χ0) is 11.9. The van der Waals surface area contributed by atoms with E-state index in [1.807, 2.05) is 0 Å². The standard InChI is InChI=1S/C14H30N2/c1-3-4-5-9-12-16(2)14(13-15)10-7-6-8-11-14/h3-13,15H2,1-2H3. The summed E-state index contributed by atoms with van der Waals surface area (Å²) >= 11 is 0. The number of hydrogen-bond acceptors (Lipinski definition) is 2. The van der Waals surface area contributed by atoms with Gasteiger partial charge in [-0.1, -0.05) is 45.4 Å². The van der Waals surface area contributed by atoms with Crippen molar-refractivity contribution >= 4 is 0 Å². The van der Waals surface area contributed by atoms with E-state index >= 15 is 0 Å². The summed E-state index contributed by atoms with van der Waals surface area (Å²) in [5, 5.41) is 0. The van der Waals surface area contributed by atoms with Crippen LogP contribution in [0.4, 0.5) is 0 Å². The third-order valence-corrected chi connectivity index (χ3v) is 4.32. The lowest BCUT2D eigenvalue weighted by molar-refractivity contribution is 0.0809. The summed E-state index contributed by atoms with van der Waals surface area (Å²) in [6.45, 7) is 4.35. The summed E-state index contributed by atoms with van der Waals surface area (Å²) in [6, 6.07) is 0. The largest absolute Gasteiger partial charge is 0.329 e. The third-order valence-electron chi connectivity index (χ3n) is 4.32. The number of nitrogens with two attached hydrogens (primary N) is 1. The maximum atomic E-state index is 6.03. The number of hydrogen-bond donors (Lipinski definition) is 1. The van der Waals surface area contributed by atoms with E-state index in [1.54, 1.807) is 0 Å². The molecule has 2 heteroatoms. The van der Waals surface area contributed by atoms with Crippen LogP contribution in [0.15, 0.2) is 0 Å². The van der Waals surface area contributed by atoms with Crippen LogP contribution in [0.25, 0.3) is 0 Å². The van der Waals surface area contributed by atoms with Crippen molar-refractivity contribution in [2.24, 2.45) is 5.73 Å². The van der Waals surface area contributed by atoms with Crippen molar-refractivity contribution in [2.75, 3.05) is 20.1 Å². The molecular formula is C14H30N2. The summed E-state index contributed by atoms with van der Waals surface area (Å²) in [5.74, 6) is 0. The van der Waals surface area contributed by atoms with Crippen LogP contribution in [-0.2, 0) is 0 Å². The summed E-state index contributed by atoms with van der Waals surface area (Å²) in [6.07, 6.45) is 12.2. The second-order valence-electron chi connectivity index (χ2n) is 5.47. The van der Waals surface area contributed by atoms with Gasteiger partial charge in [-0.2, -0.15) is 0 Å². The molecule has 0 spiro atoms. The molecule has 0 atom stereocenters. The van der Waals surface area contributed by atoms with Gasteiger partial charge in [0.15, 0.2) is 0 Å². The van der Waals surface area contributed by atoms with Gasteiger partial charge in [0.25, 0.3) is 0 Å². The highest BCUT2D eigenvalue weighted by molar-refractivity contribution is 4.92. The van der Waals surface area contributed by atoms with E-state index in [2.05, 4.69) is 18.9 Å². The molecule has 0 unspecified atom stereocenters. The van der Waals surface area contributed by atoms with Crippen LogP contribution in [0.5, 0.6) is 0 Å². The Hall–Kier alpha value is -0.0800. The Bertz CT molecular complexity index is 174. The predicted octanol–water partition coefficient (Wildman–Crippen LogP) is 3.16. The lowest BCUT2D eigenvalue weighted by atomic mass is 9.80. The Balaban J connectivity index is 2.33. The Kier molecular flexibility index (Phi) is 6.37. The molecule has 1 saturated carbocycles. The van der Waals surface area contributed by atoms with Crippen LogP contribution >= 0.6 is 0 Å². The number of likely N-dealkylation sites (N-methyl/N-ethyl adjacent to an activating group) is 1. The van der Waals surface area contributed by atoms with Crippen molar-refractivity contribution in [3.05, 3.63) is 0 Å². The van der Waals surface area contributed by atoms with Crippen LogP contribution < -0.4 is 5.73 Å². The zero-order valence-corrected chi connectivity index (χ0v) is 11.3. The van der Waals surface area contributed by atoms with Gasteiger partial charge in [0.1, 0.15) is 0 Å². The molecule has 16 heavy (non-hydrogen) atoms. The second-order valence-corrected chi connectivity index (χ2v) is 5.47.